The van der Waals surface area contributed by atoms with E-state index >= 15 is 0 Å². The van der Waals surface area contributed by atoms with Gasteiger partial charge in [0.1, 0.15) is 0 Å². The second kappa shape index (κ2) is 9.65. The third-order valence-electron chi connectivity index (χ3n) is 4.27. The van der Waals surface area contributed by atoms with Crippen LogP contribution in [0.2, 0.25) is 0 Å². The van der Waals surface area contributed by atoms with Crippen molar-refractivity contribution < 1.29 is 14.3 Å². The number of hydrogen-bond donors (Lipinski definition) is 1. The van der Waals surface area contributed by atoms with Gasteiger partial charge in [0.25, 0.3) is 0 Å². The van der Waals surface area contributed by atoms with Crippen LogP contribution in [0.15, 0.2) is 30.3 Å². The third kappa shape index (κ3) is 5.94. The van der Waals surface area contributed by atoms with E-state index in [2.05, 4.69) is 17.0 Å². The molecule has 0 aliphatic carbocycles. The molecule has 23 heavy (non-hydrogen) atoms. The molecule has 1 aromatic rings. The van der Waals surface area contributed by atoms with Crippen molar-refractivity contribution in [2.45, 2.75) is 25.4 Å². The number of nitrogens with zero attached hydrogens (tertiary/aromatic N) is 1. The first-order valence-electron chi connectivity index (χ1n) is 8.37. The van der Waals surface area contributed by atoms with Crippen molar-refractivity contribution in [3.05, 3.63) is 35.9 Å². The van der Waals surface area contributed by atoms with E-state index in [0.29, 0.717) is 25.7 Å². The van der Waals surface area contributed by atoms with Crippen molar-refractivity contribution in [1.29, 1.82) is 0 Å². The van der Waals surface area contributed by atoms with Gasteiger partial charge in [0, 0.05) is 32.8 Å². The number of nitrogens with two attached hydrogens (primary N) is 1. The van der Waals surface area contributed by atoms with E-state index < -0.39 is 0 Å². The number of hydrogen-bond acceptors (Lipinski definition) is 4. The molecule has 1 saturated heterocycles. The van der Waals surface area contributed by atoms with E-state index in [1.807, 2.05) is 18.2 Å². The van der Waals surface area contributed by atoms with Crippen LogP contribution in [-0.4, -0.2) is 50.8 Å². The molecule has 5 heteroatoms. The average molecular weight is 320 g/mol. The molecule has 1 aliphatic rings. The minimum absolute atomic E-state index is 0.0590. The van der Waals surface area contributed by atoms with E-state index in [1.165, 1.54) is 5.56 Å². The van der Waals surface area contributed by atoms with Crippen LogP contribution in [0.5, 0.6) is 0 Å². The minimum Gasteiger partial charge on any atom is -0.385 e. The zero-order valence-electron chi connectivity index (χ0n) is 13.9. The van der Waals surface area contributed by atoms with Gasteiger partial charge in [-0.15, -0.1) is 0 Å². The molecule has 0 aromatic heterocycles. The predicted molar refractivity (Wildman–Crippen MR) is 90.0 cm³/mol. The summed E-state index contributed by atoms with van der Waals surface area (Å²) in [7, 11) is 1.71. The van der Waals surface area contributed by atoms with Crippen molar-refractivity contribution in [2.24, 2.45) is 11.7 Å². The number of amides is 1. The molecule has 2 rings (SSSR count). The fraction of sp³-hybridized carbons (Fsp3) is 0.611. The highest BCUT2D eigenvalue weighted by molar-refractivity contribution is 5.75. The van der Waals surface area contributed by atoms with Gasteiger partial charge < -0.3 is 15.2 Å². The van der Waals surface area contributed by atoms with Crippen LogP contribution in [0.1, 0.15) is 30.9 Å². The van der Waals surface area contributed by atoms with Crippen LogP contribution in [0, 0.1) is 5.92 Å². The maximum atomic E-state index is 11.2. The number of carbonyl (C=O) groups excluding carboxylic acids is 1. The Bertz CT molecular complexity index is 467. The van der Waals surface area contributed by atoms with Gasteiger partial charge >= 0.3 is 0 Å². The zero-order valence-corrected chi connectivity index (χ0v) is 13.9. The highest BCUT2D eigenvalue weighted by Crippen LogP contribution is 2.32. The number of methoxy groups -OCH3 is 1. The summed E-state index contributed by atoms with van der Waals surface area (Å²) in [4.78, 5) is 13.3. The monoisotopic (exact) mass is 320 g/mol. The summed E-state index contributed by atoms with van der Waals surface area (Å²) in [5.41, 5.74) is 6.55. The topological polar surface area (TPSA) is 64.8 Å². The van der Waals surface area contributed by atoms with Gasteiger partial charge in [-0.25, -0.2) is 0 Å². The van der Waals surface area contributed by atoms with Crippen LogP contribution in [0.3, 0.4) is 0 Å². The molecule has 0 bridgehead atoms. The van der Waals surface area contributed by atoms with Crippen LogP contribution in [-0.2, 0) is 14.3 Å². The lowest BCUT2D eigenvalue weighted by molar-refractivity contribution is -0.120. The standard InChI is InChI=1S/C18H28N2O3/c1-22-11-6-12-23-18(15-7-3-2-4-8-15)16-9-5-10-20(13-16)14-17(19)21/h2-4,7-8,16,18H,5-6,9-14H2,1H3,(H2,19,21). The first-order valence-corrected chi connectivity index (χ1v) is 8.37. The fourth-order valence-electron chi connectivity index (χ4n) is 3.26. The number of primary amides is 1. The maximum Gasteiger partial charge on any atom is 0.231 e. The Kier molecular flexibility index (Phi) is 7.52. The molecule has 0 saturated carbocycles. The average Bonchev–Trinajstić information content (AvgIpc) is 2.55. The molecular formula is C18H28N2O3. The highest BCUT2D eigenvalue weighted by Gasteiger charge is 2.29. The van der Waals surface area contributed by atoms with Crippen molar-refractivity contribution in [2.75, 3.05) is 40.0 Å². The van der Waals surface area contributed by atoms with Gasteiger partial charge in [-0.1, -0.05) is 30.3 Å². The Balaban J connectivity index is 2.01. The van der Waals surface area contributed by atoms with Crippen LogP contribution in [0.25, 0.3) is 0 Å². The van der Waals surface area contributed by atoms with Crippen LogP contribution < -0.4 is 5.73 Å². The Labute approximate surface area is 138 Å². The van der Waals surface area contributed by atoms with Crippen molar-refractivity contribution in [3.63, 3.8) is 0 Å². The lowest BCUT2D eigenvalue weighted by Crippen LogP contribution is -2.42. The fourth-order valence-corrected chi connectivity index (χ4v) is 3.26. The molecule has 1 aromatic carbocycles. The van der Waals surface area contributed by atoms with Gasteiger partial charge in [-0.05, 0) is 31.4 Å². The number of benzene rings is 1. The number of likely N-dealkylation sites (tertiary alicyclic amines) is 1. The molecule has 2 unspecified atom stereocenters. The maximum absolute atomic E-state index is 11.2. The summed E-state index contributed by atoms with van der Waals surface area (Å²) in [5.74, 6) is 0.121. The summed E-state index contributed by atoms with van der Waals surface area (Å²) >= 11 is 0. The molecule has 0 radical (unpaired) electrons. The zero-order chi connectivity index (χ0) is 16.5. The van der Waals surface area contributed by atoms with Crippen LogP contribution in [0.4, 0.5) is 0 Å². The Morgan fingerprint density at radius 2 is 2.13 bits per heavy atom. The lowest BCUT2D eigenvalue weighted by atomic mass is 9.88. The quantitative estimate of drug-likeness (QED) is 0.707. The van der Waals surface area contributed by atoms with Crippen LogP contribution >= 0.6 is 0 Å². The second-order valence-corrected chi connectivity index (χ2v) is 6.15. The summed E-state index contributed by atoms with van der Waals surface area (Å²) in [5, 5.41) is 0. The van der Waals surface area contributed by atoms with Gasteiger partial charge in [-0.3, -0.25) is 9.69 Å². The smallest absolute Gasteiger partial charge is 0.231 e. The molecule has 1 amide bonds. The number of ether oxygens (including phenoxy) is 2. The lowest BCUT2D eigenvalue weighted by Gasteiger charge is -2.36. The van der Waals surface area contributed by atoms with Crippen molar-refractivity contribution in [1.82, 2.24) is 4.90 Å². The van der Waals surface area contributed by atoms with E-state index in [0.717, 1.165) is 32.4 Å². The highest BCUT2D eigenvalue weighted by atomic mass is 16.5. The predicted octanol–water partition coefficient (Wildman–Crippen LogP) is 1.98. The SMILES string of the molecule is COCCCOC(c1ccccc1)C1CCCN(CC(N)=O)C1. The Morgan fingerprint density at radius 3 is 2.83 bits per heavy atom. The summed E-state index contributed by atoms with van der Waals surface area (Å²) in [6, 6.07) is 10.4. The largest absolute Gasteiger partial charge is 0.385 e. The van der Waals surface area contributed by atoms with Crippen molar-refractivity contribution >= 4 is 5.91 Å². The van der Waals surface area contributed by atoms with Crippen molar-refractivity contribution in [3.8, 4) is 0 Å². The molecule has 1 aliphatic heterocycles. The van der Waals surface area contributed by atoms with Gasteiger partial charge in [0.05, 0.1) is 12.6 Å². The number of piperidine rings is 1. The molecule has 5 nitrogen and oxygen atoms in total. The van der Waals surface area contributed by atoms with Gasteiger partial charge in [0.2, 0.25) is 5.91 Å². The van der Waals surface area contributed by atoms with E-state index in [9.17, 15) is 4.79 Å². The summed E-state index contributed by atoms with van der Waals surface area (Å²) < 4.78 is 11.3. The Morgan fingerprint density at radius 1 is 1.35 bits per heavy atom. The van der Waals surface area contributed by atoms with E-state index in [-0.39, 0.29) is 12.0 Å². The molecule has 2 atom stereocenters. The summed E-state index contributed by atoms with van der Waals surface area (Å²) in [6.45, 7) is 3.51. The second-order valence-electron chi connectivity index (χ2n) is 6.15. The molecule has 128 valence electrons. The molecule has 1 fully saturated rings. The third-order valence-corrected chi connectivity index (χ3v) is 4.27. The Hall–Kier alpha value is -1.43. The number of carbonyl (C=O) groups is 1. The molecule has 0 spiro atoms. The first-order chi connectivity index (χ1) is 11.2. The van der Waals surface area contributed by atoms with Gasteiger partial charge in [-0.2, -0.15) is 0 Å². The van der Waals surface area contributed by atoms with E-state index in [1.54, 1.807) is 7.11 Å². The van der Waals surface area contributed by atoms with E-state index in [4.69, 9.17) is 15.2 Å². The minimum atomic E-state index is -0.261. The van der Waals surface area contributed by atoms with Gasteiger partial charge in [0.15, 0.2) is 0 Å². The molecule has 1 heterocycles. The molecular weight excluding hydrogens is 292 g/mol. The first kappa shape index (κ1) is 17.9. The summed E-state index contributed by atoms with van der Waals surface area (Å²) in [6.07, 6.45) is 3.13. The molecule has 2 N–H and O–H groups in total. The number of rotatable bonds is 9. The normalized spacial score (nSPS) is 20.3.